The Labute approximate surface area is 197 Å². The summed E-state index contributed by atoms with van der Waals surface area (Å²) < 4.78 is 11.8. The molecule has 2 heterocycles. The summed E-state index contributed by atoms with van der Waals surface area (Å²) >= 11 is 0. The summed E-state index contributed by atoms with van der Waals surface area (Å²) in [4.78, 5) is 0. The van der Waals surface area contributed by atoms with Crippen LogP contribution in [0.15, 0.2) is 77.2 Å². The van der Waals surface area contributed by atoms with Crippen molar-refractivity contribution >= 4 is 11.0 Å². The Kier molecular flexibility index (Phi) is 6.35. The monoisotopic (exact) mass is 454 g/mol. The number of ether oxygens (including phenoxy) is 1. The number of nitrogens with zero attached hydrogens (tertiary/aromatic N) is 3. The number of aliphatic hydroxyl groups is 1. The van der Waals surface area contributed by atoms with Crippen LogP contribution >= 0.6 is 0 Å². The number of H-pyrrole nitrogens is 1. The number of nitrogens with one attached hydrogen (secondary N) is 1. The fourth-order valence-electron chi connectivity index (χ4n) is 4.10. The summed E-state index contributed by atoms with van der Waals surface area (Å²) in [5.41, 5.74) is 4.66. The van der Waals surface area contributed by atoms with Crippen molar-refractivity contribution < 1.29 is 14.3 Å². The molecule has 2 N–H and O–H groups in total. The van der Waals surface area contributed by atoms with Gasteiger partial charge < -0.3 is 14.3 Å². The molecule has 3 aromatic carbocycles. The quantitative estimate of drug-likeness (QED) is 0.300. The predicted octanol–water partition coefficient (Wildman–Crippen LogP) is 5.62. The van der Waals surface area contributed by atoms with E-state index in [1.807, 2.05) is 72.8 Å². The SMILES string of the molecule is CCCCc1oc2ccccc2c1C(O)c1ccc(-c2ccc(OCc3nn[nH]n3)cc2)cc1. The van der Waals surface area contributed by atoms with Crippen molar-refractivity contribution in [1.29, 1.82) is 0 Å². The van der Waals surface area contributed by atoms with Gasteiger partial charge in [-0.3, -0.25) is 0 Å². The Hall–Kier alpha value is -3.97. The van der Waals surface area contributed by atoms with Crippen molar-refractivity contribution in [1.82, 2.24) is 20.6 Å². The Bertz CT molecular complexity index is 1340. The van der Waals surface area contributed by atoms with Gasteiger partial charge in [-0.25, -0.2) is 0 Å². The van der Waals surface area contributed by atoms with Gasteiger partial charge in [0.1, 0.15) is 23.2 Å². The van der Waals surface area contributed by atoms with E-state index >= 15 is 0 Å². The zero-order chi connectivity index (χ0) is 23.3. The van der Waals surface area contributed by atoms with Crippen LogP contribution in [0.1, 0.15) is 48.6 Å². The highest BCUT2D eigenvalue weighted by atomic mass is 16.5. The molecule has 0 spiro atoms. The number of fused-ring (bicyclic) bond motifs is 1. The molecule has 0 bridgehead atoms. The average molecular weight is 455 g/mol. The van der Waals surface area contributed by atoms with E-state index < -0.39 is 6.10 Å². The number of furan rings is 1. The number of aliphatic hydroxyl groups excluding tert-OH is 1. The van der Waals surface area contributed by atoms with E-state index in [1.54, 1.807) is 0 Å². The topological polar surface area (TPSA) is 97.1 Å². The van der Waals surface area contributed by atoms with Crippen molar-refractivity contribution in [3.8, 4) is 16.9 Å². The van der Waals surface area contributed by atoms with Gasteiger partial charge in [-0.1, -0.05) is 73.2 Å². The van der Waals surface area contributed by atoms with Crippen LogP contribution in [0.2, 0.25) is 0 Å². The maximum atomic E-state index is 11.3. The molecule has 0 aliphatic carbocycles. The molecule has 1 unspecified atom stereocenters. The van der Waals surface area contributed by atoms with Gasteiger partial charge in [0.15, 0.2) is 6.61 Å². The number of aryl methyl sites for hydroxylation is 1. The zero-order valence-electron chi connectivity index (χ0n) is 18.9. The molecular formula is C27H26N4O3. The van der Waals surface area contributed by atoms with Crippen LogP contribution < -0.4 is 4.74 Å². The van der Waals surface area contributed by atoms with Gasteiger partial charge in [0.25, 0.3) is 0 Å². The molecule has 7 nitrogen and oxygen atoms in total. The number of aromatic amines is 1. The molecule has 0 saturated carbocycles. The molecule has 0 aliphatic rings. The molecule has 0 radical (unpaired) electrons. The molecule has 5 rings (SSSR count). The first-order valence-electron chi connectivity index (χ1n) is 11.5. The fraction of sp³-hybridized carbons (Fsp3) is 0.222. The Balaban J connectivity index is 1.34. The van der Waals surface area contributed by atoms with Crippen LogP contribution in [0.5, 0.6) is 5.75 Å². The summed E-state index contributed by atoms with van der Waals surface area (Å²) in [5, 5.41) is 25.9. The molecule has 5 aromatic rings. The highest BCUT2D eigenvalue weighted by molar-refractivity contribution is 5.83. The van der Waals surface area contributed by atoms with Crippen LogP contribution in [0, 0.1) is 0 Å². The predicted molar refractivity (Wildman–Crippen MR) is 129 cm³/mol. The van der Waals surface area contributed by atoms with Gasteiger partial charge in [0, 0.05) is 17.4 Å². The third-order valence-corrected chi connectivity index (χ3v) is 5.91. The van der Waals surface area contributed by atoms with Crippen LogP contribution in [0.4, 0.5) is 0 Å². The highest BCUT2D eigenvalue weighted by Gasteiger charge is 2.22. The van der Waals surface area contributed by atoms with E-state index in [2.05, 4.69) is 27.5 Å². The number of hydrogen-bond donors (Lipinski definition) is 2. The van der Waals surface area contributed by atoms with Gasteiger partial charge in [-0.2, -0.15) is 5.21 Å². The molecule has 7 heteroatoms. The first-order chi connectivity index (χ1) is 16.7. The van der Waals surface area contributed by atoms with Gasteiger partial charge >= 0.3 is 0 Å². The number of rotatable bonds is 9. The minimum absolute atomic E-state index is 0.255. The highest BCUT2D eigenvalue weighted by Crippen LogP contribution is 2.36. The first kappa shape index (κ1) is 21.9. The number of para-hydroxylation sites is 1. The van der Waals surface area contributed by atoms with Crippen LogP contribution in [0.3, 0.4) is 0 Å². The lowest BCUT2D eigenvalue weighted by molar-refractivity contribution is 0.218. The maximum Gasteiger partial charge on any atom is 0.211 e. The second kappa shape index (κ2) is 9.89. The normalized spacial score (nSPS) is 12.2. The molecule has 0 fully saturated rings. The van der Waals surface area contributed by atoms with E-state index in [1.165, 1.54) is 0 Å². The number of unbranched alkanes of at least 4 members (excludes halogenated alkanes) is 1. The number of benzene rings is 3. The third kappa shape index (κ3) is 4.56. The fourth-order valence-corrected chi connectivity index (χ4v) is 4.10. The smallest absolute Gasteiger partial charge is 0.211 e. The molecule has 1 atom stereocenters. The molecular weight excluding hydrogens is 428 g/mol. The van der Waals surface area contributed by atoms with Crippen LogP contribution in [0.25, 0.3) is 22.1 Å². The van der Waals surface area contributed by atoms with E-state index in [0.29, 0.717) is 5.82 Å². The lowest BCUT2D eigenvalue weighted by atomic mass is 9.95. The number of aromatic nitrogens is 4. The van der Waals surface area contributed by atoms with Gasteiger partial charge in [-0.15, -0.1) is 10.2 Å². The largest absolute Gasteiger partial charge is 0.485 e. The van der Waals surface area contributed by atoms with Gasteiger partial charge in [-0.05, 0) is 41.3 Å². The minimum Gasteiger partial charge on any atom is -0.485 e. The number of tetrazole rings is 1. The second-order valence-corrected chi connectivity index (χ2v) is 8.20. The van der Waals surface area contributed by atoms with E-state index in [-0.39, 0.29) is 6.61 Å². The second-order valence-electron chi connectivity index (χ2n) is 8.20. The average Bonchev–Trinajstić information content (AvgIpc) is 3.54. The summed E-state index contributed by atoms with van der Waals surface area (Å²) in [6.07, 6.45) is 2.16. The zero-order valence-corrected chi connectivity index (χ0v) is 18.9. The van der Waals surface area contributed by atoms with Gasteiger partial charge in [0.2, 0.25) is 5.82 Å². The molecule has 0 amide bonds. The molecule has 0 aliphatic heterocycles. The van der Waals surface area contributed by atoms with Crippen molar-refractivity contribution in [2.75, 3.05) is 0 Å². The summed E-state index contributed by atoms with van der Waals surface area (Å²) in [7, 11) is 0. The van der Waals surface area contributed by atoms with E-state index in [4.69, 9.17) is 9.15 Å². The summed E-state index contributed by atoms with van der Waals surface area (Å²) in [5.74, 6) is 2.10. The lowest BCUT2D eigenvalue weighted by Gasteiger charge is -2.13. The standard InChI is InChI=1S/C27H26N4O3/c1-2-3-7-24-26(22-6-4-5-8-23(22)34-24)27(32)20-11-9-18(10-12-20)19-13-15-21(16-14-19)33-17-25-28-30-31-29-25/h4-6,8-16,27,32H,2-3,7,17H2,1H3,(H,28,29,30,31). The Morgan fingerprint density at radius 2 is 1.71 bits per heavy atom. The third-order valence-electron chi connectivity index (χ3n) is 5.91. The van der Waals surface area contributed by atoms with Crippen molar-refractivity contribution in [2.45, 2.75) is 38.9 Å². The van der Waals surface area contributed by atoms with Gasteiger partial charge in [0.05, 0.1) is 0 Å². The minimum atomic E-state index is -0.745. The first-order valence-corrected chi connectivity index (χ1v) is 11.5. The number of hydrogen-bond acceptors (Lipinski definition) is 6. The van der Waals surface area contributed by atoms with Crippen LogP contribution in [-0.4, -0.2) is 25.7 Å². The van der Waals surface area contributed by atoms with Crippen molar-refractivity contribution in [2.24, 2.45) is 0 Å². The van der Waals surface area contributed by atoms with Crippen molar-refractivity contribution in [3.05, 3.63) is 95.5 Å². The Morgan fingerprint density at radius 3 is 2.41 bits per heavy atom. The lowest BCUT2D eigenvalue weighted by Crippen LogP contribution is -2.02. The maximum absolute atomic E-state index is 11.3. The molecule has 0 saturated heterocycles. The van der Waals surface area contributed by atoms with Crippen molar-refractivity contribution in [3.63, 3.8) is 0 Å². The van der Waals surface area contributed by atoms with E-state index in [0.717, 1.165) is 64.0 Å². The van der Waals surface area contributed by atoms with Crippen LogP contribution in [-0.2, 0) is 13.0 Å². The van der Waals surface area contributed by atoms with E-state index in [9.17, 15) is 5.11 Å². The summed E-state index contributed by atoms with van der Waals surface area (Å²) in [6, 6.07) is 23.8. The summed E-state index contributed by atoms with van der Waals surface area (Å²) in [6.45, 7) is 2.41. The Morgan fingerprint density at radius 1 is 0.971 bits per heavy atom. The molecule has 2 aromatic heterocycles. The molecule has 172 valence electrons. The molecule has 34 heavy (non-hydrogen) atoms.